The fraction of sp³-hybridized carbons (Fsp3) is 0.250. The summed E-state index contributed by atoms with van der Waals surface area (Å²) in [5.74, 6) is 1.30. The normalized spacial score (nSPS) is 17.5. The summed E-state index contributed by atoms with van der Waals surface area (Å²) in [6, 6.07) is 17.0. The van der Waals surface area contributed by atoms with Crippen LogP contribution in [0.5, 0.6) is 0 Å². The number of aryl methyl sites for hydroxylation is 1. The average Bonchev–Trinajstić information content (AvgIpc) is 3.26. The van der Waals surface area contributed by atoms with Gasteiger partial charge in [0.05, 0.1) is 22.8 Å². The Hall–Kier alpha value is -2.57. The summed E-state index contributed by atoms with van der Waals surface area (Å²) in [6.07, 6.45) is 0.878. The summed E-state index contributed by atoms with van der Waals surface area (Å²) in [7, 11) is 0. The van der Waals surface area contributed by atoms with E-state index in [-0.39, 0.29) is 6.04 Å². The molecule has 2 aromatic carbocycles. The number of hydrogen-bond donors (Lipinski definition) is 0. The average molecular weight is 362 g/mol. The number of fused-ring (bicyclic) bond motifs is 2. The number of nitrogens with zero attached hydrogens (tertiary/aromatic N) is 4. The van der Waals surface area contributed by atoms with E-state index in [0.29, 0.717) is 11.8 Å². The quantitative estimate of drug-likeness (QED) is 0.544. The standard InChI is InChI=1S/C20H18N4OS/c1-13-22-23-20(25-13)17-10-14-6-2-3-7-15(14)11-24(17)12-19-21-16-8-4-5-9-18(16)26-19/h2-9,17H,10-12H2,1H3/t17-/m1/s1. The maximum Gasteiger partial charge on any atom is 0.233 e. The Morgan fingerprint density at radius 3 is 2.69 bits per heavy atom. The van der Waals surface area contributed by atoms with Crippen molar-refractivity contribution in [2.75, 3.05) is 0 Å². The van der Waals surface area contributed by atoms with Crippen LogP contribution in [0.1, 0.15) is 34.0 Å². The SMILES string of the molecule is Cc1nnc([C@H]2Cc3ccccc3CN2Cc2nc3ccccc3s2)o1. The molecule has 0 bridgehead atoms. The summed E-state index contributed by atoms with van der Waals surface area (Å²) in [6.45, 7) is 3.48. The molecule has 0 fully saturated rings. The highest BCUT2D eigenvalue weighted by atomic mass is 32.1. The smallest absolute Gasteiger partial charge is 0.233 e. The van der Waals surface area contributed by atoms with Crippen molar-refractivity contribution in [3.8, 4) is 0 Å². The second-order valence-electron chi connectivity index (χ2n) is 6.63. The van der Waals surface area contributed by atoms with Gasteiger partial charge in [-0.2, -0.15) is 0 Å². The minimum atomic E-state index is 0.0816. The van der Waals surface area contributed by atoms with Gasteiger partial charge >= 0.3 is 0 Å². The number of rotatable bonds is 3. The number of benzene rings is 2. The first-order chi connectivity index (χ1) is 12.8. The molecule has 4 aromatic rings. The van der Waals surface area contributed by atoms with Crippen LogP contribution < -0.4 is 0 Å². The van der Waals surface area contributed by atoms with Crippen LogP contribution in [-0.2, 0) is 19.5 Å². The fourth-order valence-corrected chi connectivity index (χ4v) is 4.59. The molecular formula is C20H18N4OS. The number of aromatic nitrogens is 3. The van der Waals surface area contributed by atoms with Crippen LogP contribution in [0.2, 0.25) is 0 Å². The zero-order valence-corrected chi connectivity index (χ0v) is 15.2. The van der Waals surface area contributed by atoms with E-state index in [4.69, 9.17) is 9.40 Å². The van der Waals surface area contributed by atoms with Crippen molar-refractivity contribution >= 4 is 21.6 Å². The van der Waals surface area contributed by atoms with Crippen molar-refractivity contribution in [3.63, 3.8) is 0 Å². The second kappa shape index (κ2) is 6.30. The Morgan fingerprint density at radius 2 is 1.88 bits per heavy atom. The molecule has 1 aliphatic heterocycles. The monoisotopic (exact) mass is 362 g/mol. The van der Waals surface area contributed by atoms with Crippen LogP contribution in [-0.4, -0.2) is 20.1 Å². The van der Waals surface area contributed by atoms with Gasteiger partial charge in [0.2, 0.25) is 11.8 Å². The molecule has 0 amide bonds. The number of para-hydroxylation sites is 1. The predicted octanol–water partition coefficient (Wildman–Crippen LogP) is 4.29. The van der Waals surface area contributed by atoms with Gasteiger partial charge in [-0.05, 0) is 29.7 Å². The Kier molecular flexibility index (Phi) is 3.80. The molecule has 1 atom stereocenters. The Labute approximate surface area is 155 Å². The van der Waals surface area contributed by atoms with Crippen LogP contribution >= 0.6 is 11.3 Å². The molecule has 0 spiro atoms. The van der Waals surface area contributed by atoms with Crippen LogP contribution in [0.4, 0.5) is 0 Å². The predicted molar refractivity (Wildman–Crippen MR) is 101 cm³/mol. The Balaban J connectivity index is 1.51. The van der Waals surface area contributed by atoms with Gasteiger partial charge in [-0.3, -0.25) is 4.90 Å². The third-order valence-corrected chi connectivity index (χ3v) is 5.87. The lowest BCUT2D eigenvalue weighted by Gasteiger charge is -2.34. The molecule has 1 aliphatic rings. The second-order valence-corrected chi connectivity index (χ2v) is 7.74. The van der Waals surface area contributed by atoms with Crippen LogP contribution in [0, 0.1) is 6.92 Å². The van der Waals surface area contributed by atoms with E-state index in [1.807, 2.05) is 13.0 Å². The van der Waals surface area contributed by atoms with Gasteiger partial charge in [0.1, 0.15) is 5.01 Å². The molecular weight excluding hydrogens is 344 g/mol. The van der Waals surface area contributed by atoms with E-state index in [9.17, 15) is 0 Å². The molecule has 2 aromatic heterocycles. The fourth-order valence-electron chi connectivity index (χ4n) is 3.59. The maximum absolute atomic E-state index is 5.78. The molecule has 0 aliphatic carbocycles. The Bertz CT molecular complexity index is 1040. The summed E-state index contributed by atoms with van der Waals surface area (Å²) in [5, 5.41) is 9.46. The Morgan fingerprint density at radius 1 is 1.08 bits per heavy atom. The first-order valence-corrected chi connectivity index (χ1v) is 9.53. The summed E-state index contributed by atoms with van der Waals surface area (Å²) in [4.78, 5) is 7.20. The van der Waals surface area contributed by atoms with Gasteiger partial charge < -0.3 is 4.42 Å². The first-order valence-electron chi connectivity index (χ1n) is 8.71. The molecule has 3 heterocycles. The van der Waals surface area contributed by atoms with E-state index < -0.39 is 0 Å². The minimum Gasteiger partial charge on any atom is -0.424 e. The topological polar surface area (TPSA) is 55.1 Å². The van der Waals surface area contributed by atoms with E-state index in [1.54, 1.807) is 11.3 Å². The molecule has 5 rings (SSSR count). The maximum atomic E-state index is 5.78. The minimum absolute atomic E-state index is 0.0816. The molecule has 130 valence electrons. The van der Waals surface area contributed by atoms with Crippen LogP contribution in [0.25, 0.3) is 10.2 Å². The summed E-state index contributed by atoms with van der Waals surface area (Å²) in [5.41, 5.74) is 3.78. The molecule has 26 heavy (non-hydrogen) atoms. The lowest BCUT2D eigenvalue weighted by atomic mass is 9.94. The third kappa shape index (κ3) is 2.81. The highest BCUT2D eigenvalue weighted by molar-refractivity contribution is 7.18. The molecule has 0 N–H and O–H groups in total. The van der Waals surface area contributed by atoms with Crippen LogP contribution in [0.15, 0.2) is 52.9 Å². The van der Waals surface area contributed by atoms with Gasteiger partial charge in [0, 0.05) is 13.5 Å². The molecule has 6 heteroatoms. The first kappa shape index (κ1) is 15.7. The lowest BCUT2D eigenvalue weighted by Crippen LogP contribution is -2.34. The highest BCUT2D eigenvalue weighted by Gasteiger charge is 2.31. The zero-order chi connectivity index (χ0) is 17.5. The van der Waals surface area contributed by atoms with Crippen molar-refractivity contribution in [1.29, 1.82) is 0 Å². The van der Waals surface area contributed by atoms with Gasteiger partial charge in [-0.1, -0.05) is 36.4 Å². The van der Waals surface area contributed by atoms with Crippen molar-refractivity contribution in [3.05, 3.63) is 76.4 Å². The zero-order valence-electron chi connectivity index (χ0n) is 14.4. The van der Waals surface area contributed by atoms with E-state index in [2.05, 4.69) is 57.6 Å². The lowest BCUT2D eigenvalue weighted by molar-refractivity contribution is 0.137. The van der Waals surface area contributed by atoms with Crippen molar-refractivity contribution in [1.82, 2.24) is 20.1 Å². The van der Waals surface area contributed by atoms with Gasteiger partial charge in [0.15, 0.2) is 0 Å². The van der Waals surface area contributed by atoms with Crippen molar-refractivity contribution in [2.45, 2.75) is 32.5 Å². The summed E-state index contributed by atoms with van der Waals surface area (Å²) >= 11 is 1.76. The number of hydrogen-bond acceptors (Lipinski definition) is 6. The number of thiazole rings is 1. The van der Waals surface area contributed by atoms with Crippen molar-refractivity contribution < 1.29 is 4.42 Å². The molecule has 0 unspecified atom stereocenters. The molecule has 0 saturated carbocycles. The largest absolute Gasteiger partial charge is 0.424 e. The summed E-state index contributed by atoms with van der Waals surface area (Å²) < 4.78 is 7.01. The van der Waals surface area contributed by atoms with Crippen LogP contribution in [0.3, 0.4) is 0 Å². The van der Waals surface area contributed by atoms with Gasteiger partial charge in [-0.25, -0.2) is 4.98 Å². The van der Waals surface area contributed by atoms with Gasteiger partial charge in [0.25, 0.3) is 0 Å². The van der Waals surface area contributed by atoms with E-state index in [0.717, 1.165) is 30.0 Å². The van der Waals surface area contributed by atoms with Gasteiger partial charge in [-0.15, -0.1) is 21.5 Å². The molecule has 5 nitrogen and oxygen atoms in total. The molecule has 0 saturated heterocycles. The van der Waals surface area contributed by atoms with E-state index in [1.165, 1.54) is 15.8 Å². The van der Waals surface area contributed by atoms with E-state index >= 15 is 0 Å². The molecule has 0 radical (unpaired) electrons. The third-order valence-electron chi connectivity index (χ3n) is 4.85. The highest BCUT2D eigenvalue weighted by Crippen LogP contribution is 2.35. The van der Waals surface area contributed by atoms with Crippen molar-refractivity contribution in [2.24, 2.45) is 0 Å².